The second kappa shape index (κ2) is 15.6. The van der Waals surface area contributed by atoms with Gasteiger partial charge in [0.25, 0.3) is 0 Å². The van der Waals surface area contributed by atoms with Crippen molar-refractivity contribution < 1.29 is 43.2 Å². The zero-order chi connectivity index (χ0) is 30.7. The Morgan fingerprint density at radius 3 is 1.90 bits per heavy atom. The molecule has 10 heteroatoms. The number of rotatable bonds is 15. The molecule has 0 aliphatic rings. The van der Waals surface area contributed by atoms with Crippen molar-refractivity contribution in [2.45, 2.75) is 106 Å². The van der Waals surface area contributed by atoms with Crippen LogP contribution in [0.15, 0.2) is 18.2 Å². The van der Waals surface area contributed by atoms with Crippen LogP contribution in [0.4, 0.5) is 4.79 Å². The Morgan fingerprint density at radius 1 is 0.900 bits per heavy atom. The van der Waals surface area contributed by atoms with Crippen molar-refractivity contribution >= 4 is 24.1 Å². The first kappa shape index (κ1) is 34.9. The van der Waals surface area contributed by atoms with Gasteiger partial charge < -0.3 is 29.8 Å². The van der Waals surface area contributed by atoms with Crippen LogP contribution in [-0.2, 0) is 30.3 Å². The number of carboxylic acids is 1. The van der Waals surface area contributed by atoms with Gasteiger partial charge in [0.15, 0.2) is 11.5 Å². The van der Waals surface area contributed by atoms with Crippen LogP contribution in [0.3, 0.4) is 0 Å². The highest BCUT2D eigenvalue weighted by Crippen LogP contribution is 2.32. The summed E-state index contributed by atoms with van der Waals surface area (Å²) in [6, 6.07) is 4.47. The van der Waals surface area contributed by atoms with E-state index in [1.807, 2.05) is 48.5 Å². The Bertz CT molecular complexity index is 1020. The summed E-state index contributed by atoms with van der Waals surface area (Å²) >= 11 is 0. The summed E-state index contributed by atoms with van der Waals surface area (Å²) in [4.78, 5) is 49.3. The van der Waals surface area contributed by atoms with E-state index in [0.29, 0.717) is 5.56 Å². The molecule has 3 N–H and O–H groups in total. The number of hydrogen-bond donors (Lipinski definition) is 2. The van der Waals surface area contributed by atoms with Gasteiger partial charge in [-0.3, -0.25) is 14.4 Å². The number of carbonyl (C=O) groups excluding carboxylic acids is 3. The van der Waals surface area contributed by atoms with Crippen LogP contribution in [0.5, 0.6) is 11.5 Å². The van der Waals surface area contributed by atoms with Gasteiger partial charge >= 0.3 is 24.1 Å². The minimum absolute atomic E-state index is 0.00565. The quantitative estimate of drug-likeness (QED) is 0.201. The number of nitrogens with two attached hydrogens (primary N) is 1. The average Bonchev–Trinajstić information content (AvgIpc) is 2.83. The first-order chi connectivity index (χ1) is 18.5. The molecular weight excluding hydrogens is 518 g/mol. The van der Waals surface area contributed by atoms with Crippen LogP contribution in [0.1, 0.15) is 93.1 Å². The van der Waals surface area contributed by atoms with E-state index in [-0.39, 0.29) is 61.0 Å². The third kappa shape index (κ3) is 12.8. The lowest BCUT2D eigenvalue weighted by atomic mass is 9.86. The fourth-order valence-corrected chi connectivity index (χ4v) is 3.64. The molecule has 0 radical (unpaired) electrons. The molecule has 0 fully saturated rings. The van der Waals surface area contributed by atoms with Crippen molar-refractivity contribution in [1.82, 2.24) is 0 Å². The summed E-state index contributed by atoms with van der Waals surface area (Å²) in [5.41, 5.74) is 4.64. The molecule has 3 unspecified atom stereocenters. The summed E-state index contributed by atoms with van der Waals surface area (Å²) < 4.78 is 21.4. The largest absolute Gasteiger partial charge is 0.508 e. The Kier molecular flexibility index (Phi) is 13.6. The summed E-state index contributed by atoms with van der Waals surface area (Å²) in [6.07, 6.45) is -0.210. The van der Waals surface area contributed by atoms with Crippen LogP contribution in [0, 0.1) is 17.3 Å². The topological polar surface area (TPSA) is 151 Å². The van der Waals surface area contributed by atoms with E-state index in [1.54, 1.807) is 6.07 Å². The molecule has 0 spiro atoms. The maximum Gasteiger partial charge on any atom is 0.508 e. The standard InChI is InChI=1S/C30H47NO9/c1-9-19(3)13-25(32)39-23-12-11-22(15-24(23)40-26(33)14-20(4)10-2)17-30(31,27(34)35)16-21(5)38-28(36)37-18-29(6,7)8/h11-12,15,19-21H,9-10,13-14,16-18,31H2,1-8H3,(H,34,35)/t19?,20?,21-,30?/m0/s1. The van der Waals surface area contributed by atoms with Crippen molar-refractivity contribution in [3.05, 3.63) is 23.8 Å². The molecule has 40 heavy (non-hydrogen) atoms. The molecule has 0 amide bonds. The summed E-state index contributed by atoms with van der Waals surface area (Å²) in [7, 11) is 0. The minimum atomic E-state index is -1.82. The molecular formula is C30H47NO9. The Labute approximate surface area is 237 Å². The fourth-order valence-electron chi connectivity index (χ4n) is 3.64. The molecule has 4 atom stereocenters. The van der Waals surface area contributed by atoms with E-state index in [1.165, 1.54) is 19.1 Å². The molecule has 0 saturated heterocycles. The van der Waals surface area contributed by atoms with Gasteiger partial charge in [0, 0.05) is 25.7 Å². The molecule has 0 bridgehead atoms. The average molecular weight is 566 g/mol. The van der Waals surface area contributed by atoms with Gasteiger partial charge in [-0.1, -0.05) is 67.4 Å². The smallest absolute Gasteiger partial charge is 0.480 e. The Hall–Kier alpha value is -3.14. The molecule has 1 aromatic carbocycles. The van der Waals surface area contributed by atoms with E-state index >= 15 is 0 Å². The van der Waals surface area contributed by atoms with Crippen molar-refractivity contribution in [2.75, 3.05) is 6.61 Å². The molecule has 226 valence electrons. The summed E-state index contributed by atoms with van der Waals surface area (Å²) in [6.45, 7) is 15.1. The molecule has 1 aromatic rings. The van der Waals surface area contributed by atoms with Crippen LogP contribution in [0.25, 0.3) is 0 Å². The zero-order valence-electron chi connectivity index (χ0n) is 25.2. The lowest BCUT2D eigenvalue weighted by Gasteiger charge is -2.28. The molecule has 0 saturated carbocycles. The summed E-state index contributed by atoms with van der Waals surface area (Å²) in [5.74, 6) is -2.00. The van der Waals surface area contributed by atoms with Gasteiger partial charge in [0.05, 0.1) is 6.61 Å². The number of hydrogen-bond acceptors (Lipinski definition) is 9. The number of aliphatic carboxylic acids is 1. The molecule has 10 nitrogen and oxygen atoms in total. The van der Waals surface area contributed by atoms with Crippen LogP contribution < -0.4 is 15.2 Å². The van der Waals surface area contributed by atoms with Gasteiger partial charge in [0.2, 0.25) is 0 Å². The second-order valence-corrected chi connectivity index (χ2v) is 12.0. The van der Waals surface area contributed by atoms with E-state index in [2.05, 4.69) is 0 Å². The van der Waals surface area contributed by atoms with Gasteiger partial charge in [0.1, 0.15) is 11.6 Å². The molecule has 0 heterocycles. The van der Waals surface area contributed by atoms with E-state index in [0.717, 1.165) is 12.8 Å². The van der Waals surface area contributed by atoms with Gasteiger partial charge in [-0.2, -0.15) is 0 Å². The third-order valence-electron chi connectivity index (χ3n) is 6.40. The summed E-state index contributed by atoms with van der Waals surface area (Å²) in [5, 5.41) is 9.96. The Balaban J connectivity index is 3.15. The van der Waals surface area contributed by atoms with Gasteiger partial charge in [-0.15, -0.1) is 0 Å². The van der Waals surface area contributed by atoms with Gasteiger partial charge in [-0.25, -0.2) is 4.79 Å². The number of esters is 2. The second-order valence-electron chi connectivity index (χ2n) is 12.0. The fraction of sp³-hybridized carbons (Fsp3) is 0.667. The minimum Gasteiger partial charge on any atom is -0.480 e. The highest BCUT2D eigenvalue weighted by Gasteiger charge is 2.37. The SMILES string of the molecule is CCC(C)CC(=O)Oc1ccc(CC(N)(C[C@H](C)OC(=O)OCC(C)(C)C)C(=O)O)cc1OC(=O)CC(C)CC. The van der Waals surface area contributed by atoms with E-state index in [9.17, 15) is 24.3 Å². The lowest BCUT2D eigenvalue weighted by molar-refractivity contribution is -0.144. The van der Waals surface area contributed by atoms with Crippen molar-refractivity contribution in [3.63, 3.8) is 0 Å². The predicted molar refractivity (Wildman–Crippen MR) is 150 cm³/mol. The van der Waals surface area contributed by atoms with Crippen molar-refractivity contribution in [2.24, 2.45) is 23.0 Å². The Morgan fingerprint density at radius 2 is 1.43 bits per heavy atom. The first-order valence-corrected chi connectivity index (χ1v) is 13.9. The number of carbonyl (C=O) groups is 4. The molecule has 0 aliphatic heterocycles. The normalized spacial score (nSPS) is 15.2. The van der Waals surface area contributed by atoms with Crippen LogP contribution in [0.2, 0.25) is 0 Å². The van der Waals surface area contributed by atoms with Crippen molar-refractivity contribution in [3.8, 4) is 11.5 Å². The maximum absolute atomic E-state index is 12.6. The number of benzene rings is 1. The highest BCUT2D eigenvalue weighted by molar-refractivity contribution is 5.79. The lowest BCUT2D eigenvalue weighted by Crippen LogP contribution is -2.52. The first-order valence-electron chi connectivity index (χ1n) is 13.9. The van der Waals surface area contributed by atoms with Gasteiger partial charge in [-0.05, 0) is 41.9 Å². The van der Waals surface area contributed by atoms with Crippen LogP contribution in [-0.4, -0.2) is 47.4 Å². The van der Waals surface area contributed by atoms with E-state index < -0.39 is 35.7 Å². The molecule has 1 rings (SSSR count). The predicted octanol–water partition coefficient (Wildman–Crippen LogP) is 5.67. The molecule has 0 aromatic heterocycles. The number of ether oxygens (including phenoxy) is 4. The molecule has 0 aliphatic carbocycles. The third-order valence-corrected chi connectivity index (χ3v) is 6.40. The monoisotopic (exact) mass is 565 g/mol. The van der Waals surface area contributed by atoms with Crippen molar-refractivity contribution in [1.29, 1.82) is 0 Å². The van der Waals surface area contributed by atoms with E-state index in [4.69, 9.17) is 24.7 Å². The highest BCUT2D eigenvalue weighted by atomic mass is 16.7. The number of carboxylic acid groups (broad SMARTS) is 1. The van der Waals surface area contributed by atoms with Crippen LogP contribution >= 0.6 is 0 Å². The zero-order valence-corrected chi connectivity index (χ0v) is 25.2. The maximum atomic E-state index is 12.6.